The molecule has 0 bridgehead atoms. The van der Waals surface area contributed by atoms with E-state index in [-0.39, 0.29) is 12.1 Å². The summed E-state index contributed by atoms with van der Waals surface area (Å²) in [4.78, 5) is 22.9. The summed E-state index contributed by atoms with van der Waals surface area (Å²) in [5.74, 6) is 0.0132. The Kier molecular flexibility index (Phi) is 5.23. The van der Waals surface area contributed by atoms with Crippen LogP contribution in [0.15, 0.2) is 42.5 Å². The lowest BCUT2D eigenvalue weighted by Gasteiger charge is -2.11. The average Bonchev–Trinajstić information content (AvgIpc) is 2.54. The van der Waals surface area contributed by atoms with E-state index >= 15 is 0 Å². The number of methoxy groups -OCH3 is 1. The van der Waals surface area contributed by atoms with Crippen molar-refractivity contribution in [2.75, 3.05) is 12.4 Å². The van der Waals surface area contributed by atoms with Gasteiger partial charge >= 0.3 is 6.18 Å². The van der Waals surface area contributed by atoms with E-state index in [2.05, 4.69) is 5.32 Å². The molecule has 0 atom stereocenters. The number of alkyl halides is 3. The second kappa shape index (κ2) is 7.16. The van der Waals surface area contributed by atoms with E-state index in [9.17, 15) is 22.8 Å². The predicted molar refractivity (Wildman–Crippen MR) is 82.2 cm³/mol. The number of carbonyl (C=O) groups is 2. The van der Waals surface area contributed by atoms with Crippen LogP contribution in [0.3, 0.4) is 0 Å². The van der Waals surface area contributed by atoms with Crippen molar-refractivity contribution >= 4 is 17.9 Å². The summed E-state index contributed by atoms with van der Waals surface area (Å²) in [6, 6.07) is 8.80. The maximum atomic E-state index is 12.5. The van der Waals surface area contributed by atoms with Gasteiger partial charge in [-0.05, 0) is 42.5 Å². The molecular weight excluding hydrogens is 323 g/mol. The fourth-order valence-electron chi connectivity index (χ4n) is 2.13. The van der Waals surface area contributed by atoms with E-state index in [1.807, 2.05) is 0 Å². The highest BCUT2D eigenvalue weighted by Gasteiger charge is 2.29. The standard InChI is InChI=1S/C17H14F3NO3/c1-24-15-7-2-11(10-22)8-12(15)9-16(23)21-14-5-3-13(4-6-14)17(18,19)20/h2-8,10H,9H2,1H3,(H,21,23). The molecule has 4 nitrogen and oxygen atoms in total. The van der Waals surface area contributed by atoms with E-state index in [0.29, 0.717) is 23.2 Å². The third-order valence-corrected chi connectivity index (χ3v) is 3.29. The van der Waals surface area contributed by atoms with Crippen LogP contribution >= 0.6 is 0 Å². The topological polar surface area (TPSA) is 55.4 Å². The third-order valence-electron chi connectivity index (χ3n) is 3.29. The number of nitrogens with one attached hydrogen (secondary N) is 1. The van der Waals surface area contributed by atoms with E-state index in [0.717, 1.165) is 12.1 Å². The van der Waals surface area contributed by atoms with Gasteiger partial charge in [-0.15, -0.1) is 0 Å². The molecule has 24 heavy (non-hydrogen) atoms. The zero-order valence-electron chi connectivity index (χ0n) is 12.7. The molecule has 1 N–H and O–H groups in total. The summed E-state index contributed by atoms with van der Waals surface area (Å²) in [5.41, 5.74) is 0.360. The molecule has 2 rings (SSSR count). The first-order valence-corrected chi connectivity index (χ1v) is 6.92. The molecule has 0 fully saturated rings. The second-order valence-electron chi connectivity index (χ2n) is 4.99. The number of ether oxygens (including phenoxy) is 1. The molecule has 1 amide bonds. The monoisotopic (exact) mass is 337 g/mol. The third kappa shape index (κ3) is 4.34. The molecule has 7 heteroatoms. The number of rotatable bonds is 5. The molecule has 0 heterocycles. The van der Waals surface area contributed by atoms with Crippen molar-refractivity contribution in [1.82, 2.24) is 0 Å². The van der Waals surface area contributed by atoms with Gasteiger partial charge in [-0.2, -0.15) is 13.2 Å². The van der Waals surface area contributed by atoms with Crippen molar-refractivity contribution < 1.29 is 27.5 Å². The van der Waals surface area contributed by atoms with Crippen molar-refractivity contribution in [3.63, 3.8) is 0 Å². The Bertz CT molecular complexity index is 740. The van der Waals surface area contributed by atoms with Crippen molar-refractivity contribution in [2.24, 2.45) is 0 Å². The van der Waals surface area contributed by atoms with Crippen molar-refractivity contribution in [3.8, 4) is 5.75 Å². The van der Waals surface area contributed by atoms with Crippen LogP contribution in [0.5, 0.6) is 5.75 Å². The number of hydrogen-bond acceptors (Lipinski definition) is 3. The minimum absolute atomic E-state index is 0.0775. The molecule has 126 valence electrons. The van der Waals surface area contributed by atoms with Gasteiger partial charge in [0.15, 0.2) is 0 Å². The Hall–Kier alpha value is -2.83. The Balaban J connectivity index is 2.09. The fourth-order valence-corrected chi connectivity index (χ4v) is 2.13. The van der Waals surface area contributed by atoms with Gasteiger partial charge in [0.05, 0.1) is 19.1 Å². The minimum Gasteiger partial charge on any atom is -0.496 e. The molecule has 0 aliphatic heterocycles. The molecule has 0 radical (unpaired) electrons. The molecule has 2 aromatic rings. The molecule has 0 aliphatic carbocycles. The summed E-state index contributed by atoms with van der Waals surface area (Å²) in [6.07, 6.45) is -3.85. The van der Waals surface area contributed by atoms with Gasteiger partial charge in [-0.25, -0.2) is 0 Å². The quantitative estimate of drug-likeness (QED) is 0.846. The van der Waals surface area contributed by atoms with Crippen LogP contribution in [0.2, 0.25) is 0 Å². The van der Waals surface area contributed by atoms with Gasteiger partial charge in [-0.1, -0.05) is 0 Å². The molecule has 2 aromatic carbocycles. The highest BCUT2D eigenvalue weighted by atomic mass is 19.4. The van der Waals surface area contributed by atoms with Crippen LogP contribution < -0.4 is 10.1 Å². The lowest BCUT2D eigenvalue weighted by atomic mass is 10.1. The van der Waals surface area contributed by atoms with Crippen molar-refractivity contribution in [1.29, 1.82) is 0 Å². The van der Waals surface area contributed by atoms with Gasteiger partial charge in [0.25, 0.3) is 0 Å². The summed E-state index contributed by atoms with van der Waals surface area (Å²) in [5, 5.41) is 2.51. The molecule has 0 aromatic heterocycles. The molecule has 0 saturated carbocycles. The number of hydrogen-bond donors (Lipinski definition) is 1. The number of anilines is 1. The van der Waals surface area contributed by atoms with Crippen LogP contribution in [-0.2, 0) is 17.4 Å². The van der Waals surface area contributed by atoms with Gasteiger partial charge in [0.1, 0.15) is 12.0 Å². The Labute approximate surface area is 136 Å². The lowest BCUT2D eigenvalue weighted by molar-refractivity contribution is -0.137. The van der Waals surface area contributed by atoms with Crippen LogP contribution in [0.4, 0.5) is 18.9 Å². The minimum atomic E-state index is -4.43. The summed E-state index contributed by atoms with van der Waals surface area (Å²) in [6.45, 7) is 0. The molecule has 0 saturated heterocycles. The van der Waals surface area contributed by atoms with Crippen LogP contribution in [0.25, 0.3) is 0 Å². The predicted octanol–water partition coefficient (Wildman–Crippen LogP) is 3.71. The maximum absolute atomic E-state index is 12.5. The first-order valence-electron chi connectivity index (χ1n) is 6.92. The van der Waals surface area contributed by atoms with Crippen LogP contribution in [0, 0.1) is 0 Å². The Morgan fingerprint density at radius 1 is 1.17 bits per heavy atom. The average molecular weight is 337 g/mol. The van der Waals surface area contributed by atoms with Crippen LogP contribution in [0.1, 0.15) is 21.5 Å². The summed E-state index contributed by atoms with van der Waals surface area (Å²) in [7, 11) is 1.44. The van der Waals surface area contributed by atoms with E-state index in [1.165, 1.54) is 25.3 Å². The molecule has 0 unspecified atom stereocenters. The largest absolute Gasteiger partial charge is 0.496 e. The van der Waals surface area contributed by atoms with Crippen molar-refractivity contribution in [2.45, 2.75) is 12.6 Å². The fraction of sp³-hybridized carbons (Fsp3) is 0.176. The highest BCUT2D eigenvalue weighted by molar-refractivity contribution is 5.93. The zero-order valence-corrected chi connectivity index (χ0v) is 12.7. The number of carbonyl (C=O) groups excluding carboxylic acids is 2. The first kappa shape index (κ1) is 17.5. The van der Waals surface area contributed by atoms with Gasteiger partial charge < -0.3 is 10.1 Å². The maximum Gasteiger partial charge on any atom is 0.416 e. The second-order valence-corrected chi connectivity index (χ2v) is 4.99. The molecular formula is C17H14F3NO3. The Morgan fingerprint density at radius 3 is 2.38 bits per heavy atom. The van der Waals surface area contributed by atoms with Crippen LogP contribution in [-0.4, -0.2) is 19.3 Å². The van der Waals surface area contributed by atoms with E-state index in [4.69, 9.17) is 4.74 Å². The number of aldehydes is 1. The SMILES string of the molecule is COc1ccc(C=O)cc1CC(=O)Nc1ccc(C(F)(F)F)cc1. The zero-order chi connectivity index (χ0) is 17.7. The number of benzene rings is 2. The Morgan fingerprint density at radius 2 is 1.83 bits per heavy atom. The molecule has 0 aliphatic rings. The first-order chi connectivity index (χ1) is 11.3. The number of amides is 1. The van der Waals surface area contributed by atoms with Gasteiger partial charge in [0, 0.05) is 16.8 Å². The number of halogens is 3. The van der Waals surface area contributed by atoms with E-state index in [1.54, 1.807) is 12.1 Å². The van der Waals surface area contributed by atoms with E-state index < -0.39 is 17.6 Å². The highest BCUT2D eigenvalue weighted by Crippen LogP contribution is 2.30. The van der Waals surface area contributed by atoms with Gasteiger partial charge in [0.2, 0.25) is 5.91 Å². The summed E-state index contributed by atoms with van der Waals surface area (Å²) < 4.78 is 42.6. The smallest absolute Gasteiger partial charge is 0.416 e. The molecule has 0 spiro atoms. The summed E-state index contributed by atoms with van der Waals surface area (Å²) >= 11 is 0. The normalized spacial score (nSPS) is 11.0. The van der Waals surface area contributed by atoms with Crippen molar-refractivity contribution in [3.05, 3.63) is 59.2 Å². The lowest BCUT2D eigenvalue weighted by Crippen LogP contribution is -2.15. The van der Waals surface area contributed by atoms with Gasteiger partial charge in [-0.3, -0.25) is 9.59 Å².